The number of nitrogens with zero attached hydrogens (tertiary/aromatic N) is 3. The number of pyridine rings is 1. The van der Waals surface area contributed by atoms with Crippen molar-refractivity contribution in [1.82, 2.24) is 15.0 Å². The average molecular weight is 460 g/mol. The second-order valence-corrected chi connectivity index (χ2v) is 9.54. The molecule has 0 aliphatic rings. The molecule has 2 aromatic carbocycles. The van der Waals surface area contributed by atoms with Gasteiger partial charge in [-0.1, -0.05) is 29.8 Å². The molecule has 0 aliphatic carbocycles. The fraction of sp³-hybridized carbons (Fsp3) is 0.259. The van der Waals surface area contributed by atoms with Gasteiger partial charge >= 0.3 is 0 Å². The third-order valence-electron chi connectivity index (χ3n) is 5.33. The molecule has 2 heterocycles. The number of rotatable bonds is 5. The van der Waals surface area contributed by atoms with Crippen LogP contribution in [0.25, 0.3) is 33.3 Å². The van der Waals surface area contributed by atoms with Gasteiger partial charge in [-0.3, -0.25) is 4.79 Å². The molecule has 168 valence electrons. The Kier molecular flexibility index (Phi) is 6.28. The van der Waals surface area contributed by atoms with Crippen LogP contribution in [-0.2, 0) is 9.53 Å². The van der Waals surface area contributed by atoms with Crippen LogP contribution in [0.15, 0.2) is 61.2 Å². The SMILES string of the molecule is CC(=O)[C@@H](OC(C)(C)C)c1c(C)cc2nc(-c3cncnc3)ccc2c1-c1ccc(Cl)cc1. The largest absolute Gasteiger partial charge is 0.360 e. The van der Waals surface area contributed by atoms with Gasteiger partial charge in [0.25, 0.3) is 0 Å². The molecular formula is C27H26ClN3O2. The van der Waals surface area contributed by atoms with Gasteiger partial charge in [0.15, 0.2) is 5.78 Å². The summed E-state index contributed by atoms with van der Waals surface area (Å²) in [5.74, 6) is -0.0476. The summed E-state index contributed by atoms with van der Waals surface area (Å²) in [6.45, 7) is 9.43. The van der Waals surface area contributed by atoms with Gasteiger partial charge in [0, 0.05) is 28.4 Å². The Hall–Kier alpha value is -3.15. The summed E-state index contributed by atoms with van der Waals surface area (Å²) < 4.78 is 6.28. The van der Waals surface area contributed by atoms with E-state index in [0.29, 0.717) is 5.02 Å². The first kappa shape index (κ1) is 23.0. The van der Waals surface area contributed by atoms with Gasteiger partial charge in [-0.25, -0.2) is 15.0 Å². The number of aryl methyl sites for hydroxylation is 1. The third-order valence-corrected chi connectivity index (χ3v) is 5.59. The van der Waals surface area contributed by atoms with Crippen molar-refractivity contribution in [2.75, 3.05) is 0 Å². The number of carbonyl (C=O) groups excluding carboxylic acids is 1. The predicted molar refractivity (Wildman–Crippen MR) is 132 cm³/mol. The molecule has 4 aromatic rings. The Morgan fingerprint density at radius 2 is 1.67 bits per heavy atom. The first-order chi connectivity index (χ1) is 15.6. The van der Waals surface area contributed by atoms with E-state index in [2.05, 4.69) is 9.97 Å². The summed E-state index contributed by atoms with van der Waals surface area (Å²) in [6, 6.07) is 13.6. The quantitative estimate of drug-likeness (QED) is 0.329. The molecule has 0 radical (unpaired) electrons. The Labute approximate surface area is 198 Å². The second kappa shape index (κ2) is 9.00. The van der Waals surface area contributed by atoms with Gasteiger partial charge < -0.3 is 4.74 Å². The summed E-state index contributed by atoms with van der Waals surface area (Å²) in [5, 5.41) is 1.58. The lowest BCUT2D eigenvalue weighted by Crippen LogP contribution is -2.27. The minimum absolute atomic E-state index is 0.0476. The Bertz CT molecular complexity index is 1310. The smallest absolute Gasteiger partial charge is 0.163 e. The fourth-order valence-corrected chi connectivity index (χ4v) is 4.10. The van der Waals surface area contributed by atoms with Gasteiger partial charge in [0.05, 0.1) is 16.8 Å². The topological polar surface area (TPSA) is 65.0 Å². The number of Topliss-reactive ketones (excluding diaryl/α,β-unsaturated/α-hetero) is 1. The van der Waals surface area contributed by atoms with E-state index in [0.717, 1.165) is 44.4 Å². The zero-order chi connectivity index (χ0) is 23.8. The van der Waals surface area contributed by atoms with Gasteiger partial charge in [-0.2, -0.15) is 0 Å². The summed E-state index contributed by atoms with van der Waals surface area (Å²) in [7, 11) is 0. The van der Waals surface area contributed by atoms with Crippen LogP contribution in [-0.4, -0.2) is 26.3 Å². The van der Waals surface area contributed by atoms with Crippen molar-refractivity contribution in [3.8, 4) is 22.4 Å². The Morgan fingerprint density at radius 3 is 2.27 bits per heavy atom. The lowest BCUT2D eigenvalue weighted by molar-refractivity contribution is -0.138. The van der Waals surface area contributed by atoms with E-state index in [-0.39, 0.29) is 5.78 Å². The number of carbonyl (C=O) groups is 1. The van der Waals surface area contributed by atoms with E-state index in [1.54, 1.807) is 19.3 Å². The first-order valence-electron chi connectivity index (χ1n) is 10.8. The average Bonchev–Trinajstić information content (AvgIpc) is 2.77. The number of fused-ring (bicyclic) bond motifs is 1. The maximum Gasteiger partial charge on any atom is 0.163 e. The van der Waals surface area contributed by atoms with E-state index in [1.165, 1.54) is 6.33 Å². The fourth-order valence-electron chi connectivity index (χ4n) is 3.98. The molecule has 0 fully saturated rings. The van der Waals surface area contributed by atoms with Crippen LogP contribution in [0.4, 0.5) is 0 Å². The Morgan fingerprint density at radius 1 is 1.00 bits per heavy atom. The van der Waals surface area contributed by atoms with E-state index in [1.807, 2.05) is 70.2 Å². The van der Waals surface area contributed by atoms with Crippen molar-refractivity contribution in [3.05, 3.63) is 77.3 Å². The molecule has 0 spiro atoms. The van der Waals surface area contributed by atoms with Crippen LogP contribution in [0.5, 0.6) is 0 Å². The molecule has 0 saturated carbocycles. The molecule has 0 N–H and O–H groups in total. The van der Waals surface area contributed by atoms with Crippen molar-refractivity contribution in [2.24, 2.45) is 0 Å². The lowest BCUT2D eigenvalue weighted by Gasteiger charge is -2.29. The highest BCUT2D eigenvalue weighted by molar-refractivity contribution is 6.30. The molecule has 0 amide bonds. The maximum atomic E-state index is 12.8. The molecule has 0 aliphatic heterocycles. The zero-order valence-electron chi connectivity index (χ0n) is 19.4. The summed E-state index contributed by atoms with van der Waals surface area (Å²) >= 11 is 6.17. The molecule has 33 heavy (non-hydrogen) atoms. The highest BCUT2D eigenvalue weighted by Crippen LogP contribution is 2.41. The first-order valence-corrected chi connectivity index (χ1v) is 11.2. The van der Waals surface area contributed by atoms with Crippen molar-refractivity contribution >= 4 is 28.3 Å². The van der Waals surface area contributed by atoms with Gasteiger partial charge in [0.2, 0.25) is 0 Å². The predicted octanol–water partition coefficient (Wildman–Crippen LogP) is 6.77. The molecule has 4 rings (SSSR count). The van der Waals surface area contributed by atoms with Crippen LogP contribution in [0.1, 0.15) is 44.9 Å². The molecule has 5 nitrogen and oxygen atoms in total. The minimum Gasteiger partial charge on any atom is -0.360 e. The number of hydrogen-bond donors (Lipinski definition) is 0. The van der Waals surface area contributed by atoms with Crippen LogP contribution in [0.2, 0.25) is 5.02 Å². The molecule has 1 atom stereocenters. The number of aromatic nitrogens is 3. The van der Waals surface area contributed by atoms with Gasteiger partial charge in [-0.05, 0) is 81.1 Å². The highest BCUT2D eigenvalue weighted by Gasteiger charge is 2.29. The van der Waals surface area contributed by atoms with Crippen molar-refractivity contribution in [2.45, 2.75) is 46.3 Å². The van der Waals surface area contributed by atoms with E-state index in [4.69, 9.17) is 21.3 Å². The number of hydrogen-bond acceptors (Lipinski definition) is 5. The molecule has 0 unspecified atom stereocenters. The molecule has 6 heteroatoms. The Balaban J connectivity index is 2.02. The van der Waals surface area contributed by atoms with Crippen LogP contribution in [0, 0.1) is 6.92 Å². The van der Waals surface area contributed by atoms with E-state index >= 15 is 0 Å². The minimum atomic E-state index is -0.706. The third kappa shape index (κ3) is 4.95. The summed E-state index contributed by atoms with van der Waals surface area (Å²) in [6.07, 6.45) is 4.27. The van der Waals surface area contributed by atoms with E-state index < -0.39 is 11.7 Å². The van der Waals surface area contributed by atoms with Crippen LogP contribution in [0.3, 0.4) is 0 Å². The summed E-state index contributed by atoms with van der Waals surface area (Å²) in [5.41, 5.74) is 5.61. The van der Waals surface area contributed by atoms with Crippen molar-refractivity contribution in [3.63, 3.8) is 0 Å². The monoisotopic (exact) mass is 459 g/mol. The van der Waals surface area contributed by atoms with Crippen molar-refractivity contribution < 1.29 is 9.53 Å². The van der Waals surface area contributed by atoms with Crippen molar-refractivity contribution in [1.29, 1.82) is 0 Å². The lowest BCUT2D eigenvalue weighted by atomic mass is 9.87. The van der Waals surface area contributed by atoms with Crippen LogP contribution >= 0.6 is 11.6 Å². The number of ether oxygens (including phenoxy) is 1. The molecule has 0 bridgehead atoms. The maximum absolute atomic E-state index is 12.8. The van der Waals surface area contributed by atoms with E-state index in [9.17, 15) is 4.79 Å². The molecule has 0 saturated heterocycles. The highest BCUT2D eigenvalue weighted by atomic mass is 35.5. The number of halogens is 1. The van der Waals surface area contributed by atoms with Gasteiger partial charge in [-0.15, -0.1) is 0 Å². The number of benzene rings is 2. The molecular weight excluding hydrogens is 434 g/mol. The second-order valence-electron chi connectivity index (χ2n) is 9.10. The van der Waals surface area contributed by atoms with Gasteiger partial charge in [0.1, 0.15) is 12.4 Å². The standard InChI is InChI=1S/C27H26ClN3O2/c1-16-12-23-21(10-11-22(31-23)19-13-29-15-30-14-19)25(18-6-8-20(28)9-7-18)24(16)26(17(2)32)33-27(3,4)5/h6-15,26H,1-5H3/t26-/m1/s1. The van der Waals surface area contributed by atoms with Crippen LogP contribution < -0.4 is 0 Å². The molecule has 2 aromatic heterocycles. The summed E-state index contributed by atoms with van der Waals surface area (Å²) in [4.78, 5) is 25.9. The zero-order valence-corrected chi connectivity index (χ0v) is 20.1. The normalized spacial score (nSPS) is 12.7. The number of ketones is 1.